The van der Waals surface area contributed by atoms with Crippen molar-refractivity contribution in [2.45, 2.75) is 37.3 Å². The van der Waals surface area contributed by atoms with Crippen LogP contribution in [0.4, 0.5) is 5.69 Å². The Morgan fingerprint density at radius 2 is 1.51 bits per heavy atom. The Morgan fingerprint density at radius 3 is 2.16 bits per heavy atom. The Bertz CT molecular complexity index is 1520. The zero-order valence-electron chi connectivity index (χ0n) is 24.5. The van der Waals surface area contributed by atoms with E-state index < -0.39 is 11.1 Å². The lowest BCUT2D eigenvalue weighted by molar-refractivity contribution is -0.125. The molecule has 6 nitrogen and oxygen atoms in total. The first-order valence-corrected chi connectivity index (χ1v) is 15.3. The second-order valence-corrected chi connectivity index (χ2v) is 12.1. The van der Waals surface area contributed by atoms with Crippen molar-refractivity contribution in [2.75, 3.05) is 37.8 Å². The second kappa shape index (κ2) is 12.4. The zero-order valence-corrected chi connectivity index (χ0v) is 25.3. The van der Waals surface area contributed by atoms with Gasteiger partial charge in [-0.2, -0.15) is 0 Å². The van der Waals surface area contributed by atoms with E-state index in [-0.39, 0.29) is 5.91 Å². The summed E-state index contributed by atoms with van der Waals surface area (Å²) in [4.78, 5) is 17.5. The number of nitrogens with one attached hydrogen (secondary N) is 1. The van der Waals surface area contributed by atoms with E-state index in [0.29, 0.717) is 24.7 Å². The maximum absolute atomic E-state index is 12.9. The van der Waals surface area contributed by atoms with E-state index in [2.05, 4.69) is 27.2 Å². The Morgan fingerprint density at radius 1 is 0.884 bits per heavy atom. The molecule has 0 radical (unpaired) electrons. The van der Waals surface area contributed by atoms with Crippen molar-refractivity contribution in [1.29, 1.82) is 0 Å². The van der Waals surface area contributed by atoms with Crippen molar-refractivity contribution in [1.82, 2.24) is 10.2 Å². The van der Waals surface area contributed by atoms with Crippen LogP contribution in [0.5, 0.6) is 5.75 Å². The summed E-state index contributed by atoms with van der Waals surface area (Å²) < 4.78 is 6.13. The van der Waals surface area contributed by atoms with Crippen molar-refractivity contribution < 1.29 is 14.6 Å². The first kappa shape index (κ1) is 29.2. The molecule has 4 aromatic carbocycles. The fraction of sp³-hybridized carbons (Fsp3) is 0.306. The lowest BCUT2D eigenvalue weighted by Crippen LogP contribution is -2.56. The maximum Gasteiger partial charge on any atom is 0.247 e. The van der Waals surface area contributed by atoms with Gasteiger partial charge >= 0.3 is 0 Å². The van der Waals surface area contributed by atoms with Crippen LogP contribution in [0.1, 0.15) is 35.1 Å². The Labute approximate surface area is 258 Å². The van der Waals surface area contributed by atoms with E-state index in [0.717, 1.165) is 66.2 Å². The van der Waals surface area contributed by atoms with Crippen molar-refractivity contribution in [3.05, 3.63) is 130 Å². The van der Waals surface area contributed by atoms with Gasteiger partial charge in [0.2, 0.25) is 5.91 Å². The SMILES string of the molecule is Cc1ccc(C(O)(Cc2ccc(Cl)cc2)c2ccc(OCCN3CCC4(CC3)C(=O)NCN4c3ccccc3)cc2)cc1. The number of nitrogens with zero attached hydrogens (tertiary/aromatic N) is 2. The zero-order chi connectivity index (χ0) is 29.9. The number of benzene rings is 4. The molecule has 0 aliphatic carbocycles. The molecule has 1 amide bonds. The highest BCUT2D eigenvalue weighted by Crippen LogP contribution is 2.37. The van der Waals surface area contributed by atoms with Crippen LogP contribution in [0.25, 0.3) is 0 Å². The highest BCUT2D eigenvalue weighted by Gasteiger charge is 2.50. The second-order valence-electron chi connectivity index (χ2n) is 11.7. The number of piperidine rings is 1. The number of rotatable bonds is 9. The molecule has 0 aromatic heterocycles. The van der Waals surface area contributed by atoms with Crippen molar-refractivity contribution in [2.24, 2.45) is 0 Å². The minimum Gasteiger partial charge on any atom is -0.492 e. The summed E-state index contributed by atoms with van der Waals surface area (Å²) in [5.41, 5.74) is 3.19. The van der Waals surface area contributed by atoms with Gasteiger partial charge in [-0.05, 0) is 72.9 Å². The molecule has 2 heterocycles. The van der Waals surface area contributed by atoms with Crippen molar-refractivity contribution >= 4 is 23.2 Å². The minimum absolute atomic E-state index is 0.133. The van der Waals surface area contributed by atoms with Crippen LogP contribution in [-0.4, -0.2) is 54.4 Å². The van der Waals surface area contributed by atoms with E-state index in [1.54, 1.807) is 0 Å². The number of ether oxygens (including phenoxy) is 1. The summed E-state index contributed by atoms with van der Waals surface area (Å²) in [5.74, 6) is 0.898. The standard InChI is InChI=1S/C36H38ClN3O3/c1-27-7-11-29(12-8-27)36(42,25-28-9-15-31(37)16-10-28)30-13-17-33(18-14-30)43-24-23-39-21-19-35(20-22-39)34(41)38-26-40(35)32-5-3-2-4-6-32/h2-18,42H,19-26H2,1H3,(H,38,41). The number of hydrogen-bond donors (Lipinski definition) is 2. The fourth-order valence-corrected chi connectivity index (χ4v) is 6.52. The van der Waals surface area contributed by atoms with Gasteiger partial charge in [-0.25, -0.2) is 0 Å². The smallest absolute Gasteiger partial charge is 0.247 e. The first-order chi connectivity index (χ1) is 20.9. The summed E-state index contributed by atoms with van der Waals surface area (Å²) in [6, 6.07) is 33.6. The number of carbonyl (C=O) groups is 1. The summed E-state index contributed by atoms with van der Waals surface area (Å²) >= 11 is 6.11. The number of para-hydroxylation sites is 1. The molecule has 1 atom stereocenters. The summed E-state index contributed by atoms with van der Waals surface area (Å²) in [6.45, 7) is 5.62. The average Bonchev–Trinajstić information content (AvgIpc) is 3.35. The largest absolute Gasteiger partial charge is 0.492 e. The molecule has 222 valence electrons. The molecule has 2 fully saturated rings. The Kier molecular flexibility index (Phi) is 8.44. The number of likely N-dealkylation sites (tertiary alicyclic amines) is 1. The number of aryl methyl sites for hydroxylation is 1. The lowest BCUT2D eigenvalue weighted by atomic mass is 9.81. The number of amides is 1. The fourth-order valence-electron chi connectivity index (χ4n) is 6.40. The highest BCUT2D eigenvalue weighted by molar-refractivity contribution is 6.30. The molecule has 6 rings (SSSR count). The van der Waals surface area contributed by atoms with E-state index in [9.17, 15) is 9.90 Å². The van der Waals surface area contributed by atoms with Gasteiger partial charge in [-0.3, -0.25) is 9.69 Å². The molecule has 7 heteroatoms. The molecule has 1 unspecified atom stereocenters. The van der Waals surface area contributed by atoms with Crippen molar-refractivity contribution in [3.63, 3.8) is 0 Å². The topological polar surface area (TPSA) is 65.0 Å². The van der Waals surface area contributed by atoms with E-state index in [4.69, 9.17) is 16.3 Å². The van der Waals surface area contributed by atoms with Crippen molar-refractivity contribution in [3.8, 4) is 5.75 Å². The van der Waals surface area contributed by atoms with Gasteiger partial charge in [0, 0.05) is 36.8 Å². The predicted molar refractivity (Wildman–Crippen MR) is 172 cm³/mol. The quantitative estimate of drug-likeness (QED) is 0.251. The number of halogens is 1. The molecular weight excluding hydrogens is 558 g/mol. The molecule has 4 aromatic rings. The van der Waals surface area contributed by atoms with Crippen LogP contribution < -0.4 is 15.0 Å². The average molecular weight is 596 g/mol. The van der Waals surface area contributed by atoms with Crippen LogP contribution in [0, 0.1) is 6.92 Å². The van der Waals surface area contributed by atoms with Crippen LogP contribution >= 0.6 is 11.6 Å². The van der Waals surface area contributed by atoms with Gasteiger partial charge in [-0.15, -0.1) is 0 Å². The molecule has 1 spiro atoms. The van der Waals surface area contributed by atoms with Gasteiger partial charge in [0.1, 0.15) is 23.5 Å². The molecule has 2 N–H and O–H groups in total. The third-order valence-electron chi connectivity index (χ3n) is 9.00. The van der Waals surface area contributed by atoms with Gasteiger partial charge in [0.05, 0.1) is 6.67 Å². The van der Waals surface area contributed by atoms with Crippen LogP contribution in [0.15, 0.2) is 103 Å². The highest BCUT2D eigenvalue weighted by atomic mass is 35.5. The lowest BCUT2D eigenvalue weighted by Gasteiger charge is -2.43. The minimum atomic E-state index is -1.20. The predicted octanol–water partition coefficient (Wildman–Crippen LogP) is 5.93. The molecule has 2 saturated heterocycles. The molecule has 2 aliphatic heterocycles. The van der Waals surface area contributed by atoms with Crippen LogP contribution in [0.2, 0.25) is 5.02 Å². The maximum atomic E-state index is 12.9. The van der Waals surface area contributed by atoms with Gasteiger partial charge in [-0.1, -0.05) is 83.9 Å². The van der Waals surface area contributed by atoms with E-state index in [1.165, 1.54) is 0 Å². The van der Waals surface area contributed by atoms with Gasteiger partial charge < -0.3 is 20.1 Å². The van der Waals surface area contributed by atoms with Crippen LogP contribution in [0.3, 0.4) is 0 Å². The summed E-state index contributed by atoms with van der Waals surface area (Å²) in [6.07, 6.45) is 1.99. The van der Waals surface area contributed by atoms with Gasteiger partial charge in [0.25, 0.3) is 0 Å². The summed E-state index contributed by atoms with van der Waals surface area (Å²) in [5, 5.41) is 15.8. The third-order valence-corrected chi connectivity index (χ3v) is 9.25. The Balaban J connectivity index is 1.08. The third kappa shape index (κ3) is 6.14. The van der Waals surface area contributed by atoms with Crippen LogP contribution in [-0.2, 0) is 16.8 Å². The molecule has 0 bridgehead atoms. The number of carbonyl (C=O) groups excluding carboxylic acids is 1. The Hall–Kier alpha value is -3.84. The van der Waals surface area contributed by atoms with E-state index in [1.807, 2.05) is 97.9 Å². The first-order valence-electron chi connectivity index (χ1n) is 15.0. The molecule has 43 heavy (non-hydrogen) atoms. The number of hydrogen-bond acceptors (Lipinski definition) is 5. The molecule has 2 aliphatic rings. The van der Waals surface area contributed by atoms with E-state index >= 15 is 0 Å². The van der Waals surface area contributed by atoms with Gasteiger partial charge in [0.15, 0.2) is 0 Å². The normalized spacial score (nSPS) is 17.9. The summed E-state index contributed by atoms with van der Waals surface area (Å²) in [7, 11) is 0. The number of aliphatic hydroxyl groups is 1. The molecule has 0 saturated carbocycles. The molecular formula is C36H38ClN3O3. The number of anilines is 1. The monoisotopic (exact) mass is 595 g/mol.